The van der Waals surface area contributed by atoms with Crippen LogP contribution in [0.1, 0.15) is 32.8 Å². The second-order valence-electron chi connectivity index (χ2n) is 5.52. The highest BCUT2D eigenvalue weighted by molar-refractivity contribution is 7.80. The van der Waals surface area contributed by atoms with Gasteiger partial charge in [0, 0.05) is 16.8 Å². The quantitative estimate of drug-likeness (QED) is 0.791. The lowest BCUT2D eigenvalue weighted by Crippen LogP contribution is -2.44. The molecule has 0 radical (unpaired) electrons. The Balaban J connectivity index is 2.67. The first-order valence-corrected chi connectivity index (χ1v) is 7.08. The molecule has 0 unspecified atom stereocenters. The third-order valence-corrected chi connectivity index (χ3v) is 3.95. The summed E-state index contributed by atoms with van der Waals surface area (Å²) in [5.41, 5.74) is 7.04. The van der Waals surface area contributed by atoms with Crippen molar-refractivity contribution in [2.45, 2.75) is 32.7 Å². The number of thiocarbonyl (C=S) groups is 1. The number of nitrogens with zero attached hydrogens (tertiary/aromatic N) is 1. The molecule has 0 aliphatic heterocycles. The summed E-state index contributed by atoms with van der Waals surface area (Å²) < 4.78 is 0. The molecule has 0 bridgehead atoms. The van der Waals surface area contributed by atoms with E-state index in [1.54, 1.807) is 6.07 Å². The number of amides is 1. The minimum absolute atomic E-state index is 0.00197. The van der Waals surface area contributed by atoms with Crippen LogP contribution in [0.2, 0.25) is 0 Å². The van der Waals surface area contributed by atoms with E-state index < -0.39 is 0 Å². The van der Waals surface area contributed by atoms with E-state index in [-0.39, 0.29) is 11.4 Å². The fraction of sp³-hybridized carbons (Fsp3) is 0.467. The Morgan fingerprint density at radius 3 is 2.65 bits per heavy atom. The number of likely N-dealkylation sites (N-methyl/N-ethyl adjacent to an activating group) is 1. The number of nitrogens with one attached hydrogen (secondary N) is 1. The molecule has 1 amide bonds. The summed E-state index contributed by atoms with van der Waals surface area (Å²) in [6.07, 6.45) is 0.980. The molecule has 0 saturated carbocycles. The van der Waals surface area contributed by atoms with Crippen molar-refractivity contribution in [3.8, 4) is 0 Å². The van der Waals surface area contributed by atoms with Crippen molar-refractivity contribution >= 4 is 28.8 Å². The normalized spacial score (nSPS) is 11.4. The molecule has 0 atom stereocenters. The van der Waals surface area contributed by atoms with Crippen LogP contribution >= 0.6 is 12.2 Å². The van der Waals surface area contributed by atoms with Gasteiger partial charge < -0.3 is 11.1 Å². The van der Waals surface area contributed by atoms with E-state index in [0.29, 0.717) is 17.2 Å². The van der Waals surface area contributed by atoms with Crippen LogP contribution in [0.15, 0.2) is 24.3 Å². The molecule has 0 aliphatic rings. The van der Waals surface area contributed by atoms with Gasteiger partial charge in [-0.3, -0.25) is 9.69 Å². The van der Waals surface area contributed by atoms with Gasteiger partial charge in [0.1, 0.15) is 4.99 Å². The second-order valence-corrected chi connectivity index (χ2v) is 5.96. The maximum Gasteiger partial charge on any atom is 0.238 e. The third kappa shape index (κ3) is 4.58. The van der Waals surface area contributed by atoms with Crippen molar-refractivity contribution in [3.05, 3.63) is 29.8 Å². The number of benzene rings is 1. The second kappa shape index (κ2) is 6.81. The van der Waals surface area contributed by atoms with E-state index >= 15 is 0 Å². The number of rotatable bonds is 6. The van der Waals surface area contributed by atoms with Gasteiger partial charge in [0.15, 0.2) is 0 Å². The summed E-state index contributed by atoms with van der Waals surface area (Å²) in [5.74, 6) is -0.0471. The fourth-order valence-electron chi connectivity index (χ4n) is 1.65. The first kappa shape index (κ1) is 16.6. The van der Waals surface area contributed by atoms with Crippen LogP contribution in [0.5, 0.6) is 0 Å². The van der Waals surface area contributed by atoms with Gasteiger partial charge in [-0.05, 0) is 39.4 Å². The van der Waals surface area contributed by atoms with Crippen LogP contribution in [-0.4, -0.2) is 34.9 Å². The number of hydrogen-bond acceptors (Lipinski definition) is 3. The lowest BCUT2D eigenvalue weighted by molar-refractivity contribution is -0.118. The molecule has 110 valence electrons. The topological polar surface area (TPSA) is 58.4 Å². The lowest BCUT2D eigenvalue weighted by atomic mass is 10.00. The maximum absolute atomic E-state index is 12.0. The van der Waals surface area contributed by atoms with Gasteiger partial charge in [-0.1, -0.05) is 31.3 Å². The van der Waals surface area contributed by atoms with E-state index in [9.17, 15) is 4.79 Å². The Kier molecular flexibility index (Phi) is 5.65. The zero-order valence-electron chi connectivity index (χ0n) is 12.6. The molecule has 1 rings (SSSR count). The number of anilines is 1. The Morgan fingerprint density at radius 1 is 1.45 bits per heavy atom. The van der Waals surface area contributed by atoms with Crippen LogP contribution in [0.4, 0.5) is 5.69 Å². The molecule has 0 fully saturated rings. The molecule has 1 aromatic carbocycles. The van der Waals surface area contributed by atoms with E-state index in [2.05, 4.69) is 26.1 Å². The summed E-state index contributed by atoms with van der Waals surface area (Å²) in [5, 5.41) is 2.87. The van der Waals surface area contributed by atoms with Gasteiger partial charge in [0.05, 0.1) is 6.54 Å². The Morgan fingerprint density at radius 2 is 2.10 bits per heavy atom. The molecule has 3 N–H and O–H groups in total. The van der Waals surface area contributed by atoms with Gasteiger partial charge >= 0.3 is 0 Å². The summed E-state index contributed by atoms with van der Waals surface area (Å²) in [7, 11) is 1.95. The van der Waals surface area contributed by atoms with Gasteiger partial charge in [-0.2, -0.15) is 0 Å². The fourth-order valence-corrected chi connectivity index (χ4v) is 1.78. The molecule has 0 aliphatic carbocycles. The lowest BCUT2D eigenvalue weighted by Gasteiger charge is -2.34. The Labute approximate surface area is 126 Å². The van der Waals surface area contributed by atoms with Crippen molar-refractivity contribution < 1.29 is 4.79 Å². The zero-order valence-corrected chi connectivity index (χ0v) is 13.4. The summed E-state index contributed by atoms with van der Waals surface area (Å²) in [4.78, 5) is 14.4. The van der Waals surface area contributed by atoms with E-state index in [1.807, 2.05) is 30.1 Å². The summed E-state index contributed by atoms with van der Waals surface area (Å²) >= 11 is 4.93. The molecule has 0 saturated heterocycles. The first-order valence-electron chi connectivity index (χ1n) is 6.67. The van der Waals surface area contributed by atoms with E-state index in [4.69, 9.17) is 18.0 Å². The van der Waals surface area contributed by atoms with Crippen LogP contribution < -0.4 is 11.1 Å². The van der Waals surface area contributed by atoms with E-state index in [1.165, 1.54) is 0 Å². The van der Waals surface area contributed by atoms with Gasteiger partial charge in [0.25, 0.3) is 0 Å². The van der Waals surface area contributed by atoms with Crippen molar-refractivity contribution in [2.75, 3.05) is 18.9 Å². The van der Waals surface area contributed by atoms with E-state index in [0.717, 1.165) is 12.0 Å². The van der Waals surface area contributed by atoms with Crippen molar-refractivity contribution in [1.82, 2.24) is 4.90 Å². The van der Waals surface area contributed by atoms with Gasteiger partial charge in [0.2, 0.25) is 5.91 Å². The van der Waals surface area contributed by atoms with Crippen molar-refractivity contribution in [1.29, 1.82) is 0 Å². The number of carbonyl (C=O) groups is 1. The highest BCUT2D eigenvalue weighted by Gasteiger charge is 2.22. The minimum atomic E-state index is -0.0471. The molecule has 0 aromatic heterocycles. The molecule has 1 aromatic rings. The largest absolute Gasteiger partial charge is 0.389 e. The standard InChI is InChI=1S/C15H23N3OS/c1-5-15(2,3)18(4)10-13(19)17-12-8-6-7-11(9-12)14(16)20/h6-9H,5,10H2,1-4H3,(H2,16,20)(H,17,19). The van der Waals surface area contributed by atoms with Gasteiger partial charge in [-0.15, -0.1) is 0 Å². The van der Waals surface area contributed by atoms with Crippen molar-refractivity contribution in [2.24, 2.45) is 5.73 Å². The summed E-state index contributed by atoms with van der Waals surface area (Å²) in [6, 6.07) is 7.25. The first-order chi connectivity index (χ1) is 9.26. The predicted molar refractivity (Wildman–Crippen MR) is 88.0 cm³/mol. The summed E-state index contributed by atoms with van der Waals surface area (Å²) in [6.45, 7) is 6.69. The average molecular weight is 293 g/mol. The zero-order chi connectivity index (χ0) is 15.3. The number of hydrogen-bond donors (Lipinski definition) is 2. The predicted octanol–water partition coefficient (Wildman–Crippen LogP) is 2.38. The van der Waals surface area contributed by atoms with Crippen LogP contribution in [0.3, 0.4) is 0 Å². The minimum Gasteiger partial charge on any atom is -0.389 e. The highest BCUT2D eigenvalue weighted by atomic mass is 32.1. The van der Waals surface area contributed by atoms with Crippen LogP contribution in [0, 0.1) is 0 Å². The number of carbonyl (C=O) groups excluding carboxylic acids is 1. The molecule has 4 nitrogen and oxygen atoms in total. The van der Waals surface area contributed by atoms with Crippen LogP contribution in [0.25, 0.3) is 0 Å². The third-order valence-electron chi connectivity index (χ3n) is 3.71. The molecule has 0 spiro atoms. The Hall–Kier alpha value is -1.46. The van der Waals surface area contributed by atoms with Crippen LogP contribution in [-0.2, 0) is 4.79 Å². The molecule has 20 heavy (non-hydrogen) atoms. The molecular formula is C15H23N3OS. The molecular weight excluding hydrogens is 270 g/mol. The SMILES string of the molecule is CCC(C)(C)N(C)CC(=O)Nc1cccc(C(N)=S)c1. The Bertz CT molecular complexity index is 500. The average Bonchev–Trinajstić information content (AvgIpc) is 2.38. The monoisotopic (exact) mass is 293 g/mol. The van der Waals surface area contributed by atoms with Crippen molar-refractivity contribution in [3.63, 3.8) is 0 Å². The highest BCUT2D eigenvalue weighted by Crippen LogP contribution is 2.16. The maximum atomic E-state index is 12.0. The number of nitrogens with two attached hydrogens (primary N) is 1. The van der Waals surface area contributed by atoms with Gasteiger partial charge in [-0.25, -0.2) is 0 Å². The molecule has 0 heterocycles. The molecule has 5 heteroatoms. The smallest absolute Gasteiger partial charge is 0.238 e.